The molecule has 3 aliphatic rings. The molecule has 0 bridgehead atoms. The number of rotatable bonds is 6. The van der Waals surface area contributed by atoms with E-state index in [1.807, 2.05) is 15.5 Å². The Bertz CT molecular complexity index is 1560. The van der Waals surface area contributed by atoms with Crippen LogP contribution in [0.2, 0.25) is 0 Å². The highest BCUT2D eigenvalue weighted by Gasteiger charge is 2.33. The maximum atomic E-state index is 14.0. The molecular formula is C28H36BrN7O4S. The van der Waals surface area contributed by atoms with Crippen molar-refractivity contribution in [3.8, 4) is 0 Å². The molecule has 5 heterocycles. The number of sulfonamides is 1. The van der Waals surface area contributed by atoms with Crippen LogP contribution < -0.4 is 14.5 Å². The summed E-state index contributed by atoms with van der Waals surface area (Å²) in [6.45, 7) is 6.17. The van der Waals surface area contributed by atoms with Crippen LogP contribution in [0, 0.1) is 5.92 Å². The first kappa shape index (κ1) is 28.2. The SMILES string of the molecule is CC1CN(c2cc(N3CCC(O)CC3)n3nc([C@@H]4CCCCN4C(=O)c4cc(Br)ccc4NS(C)(=O)=O)cc3n2)C1. The Labute approximate surface area is 248 Å². The lowest BCUT2D eigenvalue weighted by atomic mass is 9.98. The first-order valence-corrected chi connectivity index (χ1v) is 16.9. The number of likely N-dealkylation sites (tertiary alicyclic amines) is 1. The van der Waals surface area contributed by atoms with E-state index in [9.17, 15) is 18.3 Å². The lowest BCUT2D eigenvalue weighted by molar-refractivity contribution is 0.0607. The number of carbonyl (C=O) groups excluding carboxylic acids is 1. The van der Waals surface area contributed by atoms with Gasteiger partial charge in [-0.3, -0.25) is 9.52 Å². The molecule has 220 valence electrons. The summed E-state index contributed by atoms with van der Waals surface area (Å²) in [5.74, 6) is 2.25. The average molecular weight is 647 g/mol. The molecule has 6 rings (SSSR count). The van der Waals surface area contributed by atoms with Crippen LogP contribution in [-0.2, 0) is 10.0 Å². The van der Waals surface area contributed by atoms with Gasteiger partial charge in [-0.25, -0.2) is 13.4 Å². The van der Waals surface area contributed by atoms with Crippen LogP contribution in [0.15, 0.2) is 34.8 Å². The second-order valence-electron chi connectivity index (χ2n) is 11.6. The smallest absolute Gasteiger partial charge is 0.256 e. The van der Waals surface area contributed by atoms with Gasteiger partial charge in [0.15, 0.2) is 5.65 Å². The number of fused-ring (bicyclic) bond motifs is 1. The third kappa shape index (κ3) is 5.89. The first-order valence-electron chi connectivity index (χ1n) is 14.2. The molecule has 0 unspecified atom stereocenters. The number of hydrogen-bond donors (Lipinski definition) is 2. The van der Waals surface area contributed by atoms with Crippen molar-refractivity contribution in [3.63, 3.8) is 0 Å². The maximum Gasteiger partial charge on any atom is 0.256 e. The van der Waals surface area contributed by atoms with Gasteiger partial charge in [-0.2, -0.15) is 9.61 Å². The highest BCUT2D eigenvalue weighted by atomic mass is 79.9. The molecule has 0 saturated carbocycles. The van der Waals surface area contributed by atoms with Crippen molar-refractivity contribution in [2.24, 2.45) is 5.92 Å². The number of piperidine rings is 2. The van der Waals surface area contributed by atoms with E-state index in [0.29, 0.717) is 35.3 Å². The predicted octanol–water partition coefficient (Wildman–Crippen LogP) is 3.65. The van der Waals surface area contributed by atoms with E-state index in [-0.39, 0.29) is 23.7 Å². The second kappa shape index (κ2) is 11.1. The zero-order chi connectivity index (χ0) is 28.9. The summed E-state index contributed by atoms with van der Waals surface area (Å²) >= 11 is 3.44. The molecule has 0 aliphatic carbocycles. The van der Waals surface area contributed by atoms with E-state index in [0.717, 1.165) is 74.7 Å². The molecule has 0 spiro atoms. The van der Waals surface area contributed by atoms with Gasteiger partial charge in [0.05, 0.1) is 35.3 Å². The van der Waals surface area contributed by atoms with Gasteiger partial charge in [-0.15, -0.1) is 0 Å². The van der Waals surface area contributed by atoms with Crippen LogP contribution in [0.5, 0.6) is 0 Å². The summed E-state index contributed by atoms with van der Waals surface area (Å²) in [4.78, 5) is 25.3. The van der Waals surface area contributed by atoms with Crippen molar-refractivity contribution in [1.29, 1.82) is 0 Å². The molecule has 2 N–H and O–H groups in total. The number of carbonyl (C=O) groups is 1. The number of aliphatic hydroxyl groups excluding tert-OH is 1. The van der Waals surface area contributed by atoms with Crippen LogP contribution in [0.25, 0.3) is 5.65 Å². The van der Waals surface area contributed by atoms with Crippen molar-refractivity contribution in [2.45, 2.75) is 51.2 Å². The van der Waals surface area contributed by atoms with E-state index in [1.165, 1.54) is 0 Å². The molecule has 0 radical (unpaired) electrons. The fourth-order valence-electron chi connectivity index (χ4n) is 6.11. The first-order chi connectivity index (χ1) is 19.6. The van der Waals surface area contributed by atoms with Crippen LogP contribution in [0.3, 0.4) is 0 Å². The van der Waals surface area contributed by atoms with Crippen molar-refractivity contribution in [2.75, 3.05) is 53.5 Å². The average Bonchev–Trinajstić information content (AvgIpc) is 3.35. The fourth-order valence-corrected chi connectivity index (χ4v) is 7.05. The van der Waals surface area contributed by atoms with Crippen molar-refractivity contribution in [1.82, 2.24) is 19.5 Å². The zero-order valence-corrected chi connectivity index (χ0v) is 25.7. The topological polar surface area (TPSA) is 123 Å². The van der Waals surface area contributed by atoms with Crippen LogP contribution in [0.4, 0.5) is 17.3 Å². The number of halogens is 1. The fraction of sp³-hybridized carbons (Fsp3) is 0.536. The third-order valence-corrected chi connectivity index (χ3v) is 9.29. The van der Waals surface area contributed by atoms with Crippen LogP contribution in [0.1, 0.15) is 61.1 Å². The largest absolute Gasteiger partial charge is 0.393 e. The highest BCUT2D eigenvalue weighted by Crippen LogP contribution is 2.36. The van der Waals surface area contributed by atoms with Crippen molar-refractivity contribution >= 4 is 54.8 Å². The number of nitrogens with zero attached hydrogens (tertiary/aromatic N) is 6. The Morgan fingerprint density at radius 3 is 2.51 bits per heavy atom. The van der Waals surface area contributed by atoms with Gasteiger partial charge in [0.2, 0.25) is 10.0 Å². The lowest BCUT2D eigenvalue weighted by Crippen LogP contribution is -2.46. The Morgan fingerprint density at radius 1 is 1.05 bits per heavy atom. The summed E-state index contributed by atoms with van der Waals surface area (Å²) < 4.78 is 29.1. The number of hydrogen-bond acceptors (Lipinski definition) is 8. The molecule has 1 atom stereocenters. The van der Waals surface area contributed by atoms with E-state index < -0.39 is 10.0 Å². The van der Waals surface area contributed by atoms with E-state index >= 15 is 0 Å². The van der Waals surface area contributed by atoms with E-state index in [2.05, 4.69) is 43.4 Å². The standard InChI is InChI=1S/C28H36BrN7O4S/c1-18-16-34(17-18)25-15-27(33-11-8-20(37)9-12-33)36-26(30-25)14-23(31-36)24-5-3-4-10-35(24)28(38)21-13-19(29)6-7-22(21)32-41(2,39)40/h6-7,13-15,18,20,24,32,37H,3-5,8-12,16-17H2,1-2H3/t24-/m0/s1. The monoisotopic (exact) mass is 645 g/mol. The Balaban J connectivity index is 1.38. The Morgan fingerprint density at radius 2 is 1.80 bits per heavy atom. The van der Waals surface area contributed by atoms with Gasteiger partial charge >= 0.3 is 0 Å². The summed E-state index contributed by atoms with van der Waals surface area (Å²) in [5, 5.41) is 15.1. The number of amides is 1. The Kier molecular flexibility index (Phi) is 7.62. The molecule has 11 nitrogen and oxygen atoms in total. The second-order valence-corrected chi connectivity index (χ2v) is 14.3. The number of aliphatic hydroxyl groups is 1. The van der Waals surface area contributed by atoms with Gasteiger partial charge in [0.25, 0.3) is 5.91 Å². The summed E-state index contributed by atoms with van der Waals surface area (Å²) in [6, 6.07) is 8.79. The summed E-state index contributed by atoms with van der Waals surface area (Å²) in [6.07, 6.45) is 4.76. The quantitative estimate of drug-likeness (QED) is 0.416. The van der Waals surface area contributed by atoms with Gasteiger partial charge in [0, 0.05) is 49.3 Å². The molecule has 41 heavy (non-hydrogen) atoms. The van der Waals surface area contributed by atoms with Crippen LogP contribution in [-0.4, -0.2) is 84.0 Å². The molecule has 3 aliphatic heterocycles. The maximum absolute atomic E-state index is 14.0. The third-order valence-electron chi connectivity index (χ3n) is 8.20. The lowest BCUT2D eigenvalue weighted by Gasteiger charge is -2.39. The highest BCUT2D eigenvalue weighted by molar-refractivity contribution is 9.10. The summed E-state index contributed by atoms with van der Waals surface area (Å²) in [5.41, 5.74) is 2.05. The normalized spacial score (nSPS) is 20.9. The minimum atomic E-state index is -3.58. The van der Waals surface area contributed by atoms with Crippen molar-refractivity contribution < 1.29 is 18.3 Å². The molecule has 3 aromatic rings. The minimum Gasteiger partial charge on any atom is -0.393 e. The zero-order valence-electron chi connectivity index (χ0n) is 23.3. The minimum absolute atomic E-state index is 0.243. The van der Waals surface area contributed by atoms with Crippen molar-refractivity contribution in [3.05, 3.63) is 46.1 Å². The summed E-state index contributed by atoms with van der Waals surface area (Å²) in [7, 11) is -3.58. The molecule has 3 fully saturated rings. The van der Waals surface area contributed by atoms with Gasteiger partial charge < -0.3 is 19.8 Å². The number of nitrogens with one attached hydrogen (secondary N) is 1. The van der Waals surface area contributed by atoms with Crippen LogP contribution >= 0.6 is 15.9 Å². The molecule has 1 amide bonds. The molecule has 2 aromatic heterocycles. The Hall–Kier alpha value is -2.90. The van der Waals surface area contributed by atoms with Gasteiger partial charge in [-0.1, -0.05) is 22.9 Å². The van der Waals surface area contributed by atoms with E-state index in [4.69, 9.17) is 10.1 Å². The van der Waals surface area contributed by atoms with E-state index in [1.54, 1.807) is 18.2 Å². The number of benzene rings is 1. The number of anilines is 3. The predicted molar refractivity (Wildman–Crippen MR) is 162 cm³/mol. The number of aromatic nitrogens is 3. The molecule has 13 heteroatoms. The van der Waals surface area contributed by atoms with Gasteiger partial charge in [-0.05, 0) is 56.2 Å². The molecule has 1 aromatic carbocycles. The molecule has 3 saturated heterocycles. The molecular weight excluding hydrogens is 610 g/mol. The van der Waals surface area contributed by atoms with Gasteiger partial charge in [0.1, 0.15) is 11.6 Å².